The fourth-order valence-corrected chi connectivity index (χ4v) is 5.98. The summed E-state index contributed by atoms with van der Waals surface area (Å²) in [7, 11) is 0. The summed E-state index contributed by atoms with van der Waals surface area (Å²) < 4.78 is 17.4. The van der Waals surface area contributed by atoms with E-state index in [4.69, 9.17) is 13.9 Å². The van der Waals surface area contributed by atoms with E-state index in [1.165, 1.54) is 0 Å². The summed E-state index contributed by atoms with van der Waals surface area (Å²) in [4.78, 5) is 28.8. The third-order valence-corrected chi connectivity index (χ3v) is 8.08. The lowest BCUT2D eigenvalue weighted by atomic mass is 9.92. The lowest BCUT2D eigenvalue weighted by Crippen LogP contribution is -2.57. The summed E-state index contributed by atoms with van der Waals surface area (Å²) in [6.45, 7) is 5.57. The second-order valence-corrected chi connectivity index (χ2v) is 13.0. The van der Waals surface area contributed by atoms with E-state index < -0.39 is 23.8 Å². The molecule has 2 unspecified atom stereocenters. The first-order chi connectivity index (χ1) is 22.6. The van der Waals surface area contributed by atoms with Crippen molar-refractivity contribution < 1.29 is 28.6 Å². The number of nitriles is 1. The lowest BCUT2D eigenvalue weighted by molar-refractivity contribution is 0.00783. The molecule has 5 rings (SSSR count). The van der Waals surface area contributed by atoms with Crippen LogP contribution in [0.5, 0.6) is 0 Å². The molecule has 244 valence electrons. The van der Waals surface area contributed by atoms with Crippen LogP contribution in [0.2, 0.25) is 0 Å². The first-order valence-electron chi connectivity index (χ1n) is 15.8. The Balaban J connectivity index is 1.44. The van der Waals surface area contributed by atoms with Crippen LogP contribution >= 0.6 is 0 Å². The number of aliphatic hydroxyl groups is 1. The number of benzene rings is 3. The fourth-order valence-electron chi connectivity index (χ4n) is 5.98. The number of nitrogens with one attached hydrogen (secondary N) is 1. The molecule has 1 aromatic heterocycles. The molecule has 0 spiro atoms. The van der Waals surface area contributed by atoms with Crippen molar-refractivity contribution in [3.05, 3.63) is 119 Å². The Labute approximate surface area is 275 Å². The number of likely N-dealkylation sites (tertiary alicyclic amines) is 1. The van der Waals surface area contributed by atoms with E-state index in [9.17, 15) is 20.0 Å². The number of hydrogen-bond acceptors (Lipinski definition) is 7. The Kier molecular flexibility index (Phi) is 10.4. The number of rotatable bonds is 11. The number of amides is 2. The number of ether oxygens (including phenoxy) is 2. The van der Waals surface area contributed by atoms with Crippen LogP contribution in [-0.4, -0.2) is 52.9 Å². The summed E-state index contributed by atoms with van der Waals surface area (Å²) in [5.41, 5.74) is 2.07. The molecule has 1 saturated heterocycles. The molecule has 9 heteroatoms. The zero-order chi connectivity index (χ0) is 33.4. The standard InChI is InChI=1S/C38H41N3O6/c1-37(2,3)47-36(44)40-38(25-42,22-27-11-5-4-6-12-27)26-45-24-28-19-30(32-14-8-7-13-29(32)23-39)21-31(20-28)35(43)41-17-9-15-33(41)34-16-10-18-46-34/h4-8,10-14,16,18-21,33,42H,9,15,17,22,24-26H2,1-3H3,(H,40,44). The van der Waals surface area contributed by atoms with Crippen LogP contribution in [0.15, 0.2) is 95.6 Å². The van der Waals surface area contributed by atoms with Crippen LogP contribution in [-0.2, 0) is 22.5 Å². The van der Waals surface area contributed by atoms with Crippen LogP contribution in [0.3, 0.4) is 0 Å². The number of carbonyl (C=O) groups is 2. The predicted octanol–water partition coefficient (Wildman–Crippen LogP) is 6.81. The largest absolute Gasteiger partial charge is 0.467 e. The number of nitrogens with zero attached hydrogens (tertiary/aromatic N) is 2. The summed E-state index contributed by atoms with van der Waals surface area (Å²) in [5, 5.41) is 23.3. The summed E-state index contributed by atoms with van der Waals surface area (Å²) in [6, 6.07) is 28.1. The minimum Gasteiger partial charge on any atom is -0.467 e. The number of alkyl carbamates (subject to hydrolysis) is 1. The van der Waals surface area contributed by atoms with Crippen LogP contribution in [0.25, 0.3) is 11.1 Å². The van der Waals surface area contributed by atoms with Crippen molar-refractivity contribution in [3.8, 4) is 17.2 Å². The van der Waals surface area contributed by atoms with E-state index in [1.54, 1.807) is 45.2 Å². The quantitative estimate of drug-likeness (QED) is 0.185. The molecule has 47 heavy (non-hydrogen) atoms. The first-order valence-corrected chi connectivity index (χ1v) is 15.8. The van der Waals surface area contributed by atoms with Crippen LogP contribution in [0.1, 0.15) is 72.5 Å². The molecule has 2 N–H and O–H groups in total. The van der Waals surface area contributed by atoms with Gasteiger partial charge in [0.05, 0.1) is 49.3 Å². The van der Waals surface area contributed by atoms with Gasteiger partial charge in [0.25, 0.3) is 5.91 Å². The van der Waals surface area contributed by atoms with E-state index in [1.807, 2.05) is 71.6 Å². The van der Waals surface area contributed by atoms with Gasteiger partial charge in [0.2, 0.25) is 0 Å². The van der Waals surface area contributed by atoms with Gasteiger partial charge in [-0.2, -0.15) is 5.26 Å². The summed E-state index contributed by atoms with van der Waals surface area (Å²) >= 11 is 0. The normalized spacial score (nSPS) is 15.9. The molecule has 1 aliphatic heterocycles. The average Bonchev–Trinajstić information content (AvgIpc) is 3.76. The van der Waals surface area contributed by atoms with Gasteiger partial charge in [0.1, 0.15) is 11.4 Å². The van der Waals surface area contributed by atoms with Crippen molar-refractivity contribution in [2.45, 2.75) is 63.8 Å². The molecule has 0 saturated carbocycles. The molecule has 1 fully saturated rings. The third-order valence-electron chi connectivity index (χ3n) is 8.08. The van der Waals surface area contributed by atoms with Crippen LogP contribution < -0.4 is 5.32 Å². The summed E-state index contributed by atoms with van der Waals surface area (Å²) in [5.74, 6) is 0.614. The van der Waals surface area contributed by atoms with Gasteiger partial charge in [-0.15, -0.1) is 0 Å². The van der Waals surface area contributed by atoms with Crippen LogP contribution in [0, 0.1) is 11.3 Å². The number of hydrogen-bond donors (Lipinski definition) is 2. The van der Waals surface area contributed by atoms with E-state index in [2.05, 4.69) is 11.4 Å². The molecule has 1 aliphatic rings. The minimum absolute atomic E-state index is 0.0351. The van der Waals surface area contributed by atoms with Crippen molar-refractivity contribution in [2.75, 3.05) is 19.8 Å². The molecular weight excluding hydrogens is 594 g/mol. The zero-order valence-corrected chi connectivity index (χ0v) is 27.1. The second kappa shape index (κ2) is 14.7. The highest BCUT2D eigenvalue weighted by atomic mass is 16.6. The number of furan rings is 1. The maximum Gasteiger partial charge on any atom is 0.408 e. The molecular formula is C38H41N3O6. The van der Waals surface area contributed by atoms with Crippen molar-refractivity contribution >= 4 is 12.0 Å². The van der Waals surface area contributed by atoms with Crippen molar-refractivity contribution in [1.29, 1.82) is 5.26 Å². The molecule has 2 amide bonds. The van der Waals surface area contributed by atoms with E-state index in [-0.39, 0.29) is 25.2 Å². The monoisotopic (exact) mass is 635 g/mol. The van der Waals surface area contributed by atoms with E-state index >= 15 is 0 Å². The Bertz CT molecular complexity index is 1710. The molecule has 4 aromatic rings. The molecule has 2 atom stereocenters. The van der Waals surface area contributed by atoms with Crippen molar-refractivity contribution in [1.82, 2.24) is 10.2 Å². The lowest BCUT2D eigenvalue weighted by Gasteiger charge is -2.34. The third kappa shape index (κ3) is 8.47. The first kappa shape index (κ1) is 33.5. The Morgan fingerprint density at radius 2 is 1.79 bits per heavy atom. The molecule has 0 aliphatic carbocycles. The highest BCUT2D eigenvalue weighted by Crippen LogP contribution is 2.35. The average molecular weight is 636 g/mol. The number of carbonyl (C=O) groups excluding carboxylic acids is 2. The molecule has 0 bridgehead atoms. The van der Waals surface area contributed by atoms with Gasteiger partial charge in [-0.25, -0.2) is 4.79 Å². The van der Waals surface area contributed by atoms with Gasteiger partial charge < -0.3 is 29.2 Å². The van der Waals surface area contributed by atoms with Gasteiger partial charge >= 0.3 is 6.09 Å². The smallest absolute Gasteiger partial charge is 0.408 e. The van der Waals surface area contributed by atoms with Crippen molar-refractivity contribution in [2.24, 2.45) is 0 Å². The van der Waals surface area contributed by atoms with Gasteiger partial charge in [-0.3, -0.25) is 4.79 Å². The molecule has 0 radical (unpaired) electrons. The Morgan fingerprint density at radius 1 is 1.02 bits per heavy atom. The molecule has 9 nitrogen and oxygen atoms in total. The zero-order valence-electron chi connectivity index (χ0n) is 27.1. The number of aliphatic hydroxyl groups excluding tert-OH is 1. The maximum atomic E-state index is 14.0. The second-order valence-electron chi connectivity index (χ2n) is 13.0. The predicted molar refractivity (Wildman–Crippen MR) is 177 cm³/mol. The summed E-state index contributed by atoms with van der Waals surface area (Å²) in [6.07, 6.45) is 2.92. The SMILES string of the molecule is CC(C)(C)OC(=O)NC(CO)(COCc1cc(C(=O)N2CCCC2c2ccco2)cc(-c2ccccc2C#N)c1)Cc1ccccc1. The fraction of sp³-hybridized carbons (Fsp3) is 0.342. The highest BCUT2D eigenvalue weighted by molar-refractivity contribution is 5.96. The van der Waals surface area contributed by atoms with E-state index in [0.29, 0.717) is 40.8 Å². The topological polar surface area (TPSA) is 125 Å². The van der Waals surface area contributed by atoms with Crippen molar-refractivity contribution in [3.63, 3.8) is 0 Å². The van der Waals surface area contributed by atoms with Gasteiger partial charge in [0, 0.05) is 18.5 Å². The Morgan fingerprint density at radius 3 is 2.49 bits per heavy atom. The highest BCUT2D eigenvalue weighted by Gasteiger charge is 2.35. The van der Waals surface area contributed by atoms with Crippen LogP contribution in [0.4, 0.5) is 4.79 Å². The maximum absolute atomic E-state index is 14.0. The van der Waals surface area contributed by atoms with Gasteiger partial charge in [-0.1, -0.05) is 48.5 Å². The molecule has 3 aromatic carbocycles. The Hall–Kier alpha value is -4.91. The van der Waals surface area contributed by atoms with E-state index in [0.717, 1.165) is 24.2 Å². The molecule has 2 heterocycles. The van der Waals surface area contributed by atoms with Gasteiger partial charge in [-0.05, 0) is 92.3 Å². The van der Waals surface area contributed by atoms with Gasteiger partial charge in [0.15, 0.2) is 0 Å². The minimum atomic E-state index is -1.18.